The topological polar surface area (TPSA) is 93.7 Å². The fraction of sp³-hybridized carbons (Fsp3) is 0.296. The van der Waals surface area contributed by atoms with Crippen molar-refractivity contribution in [3.8, 4) is 5.75 Å². The molecule has 35 heavy (non-hydrogen) atoms. The highest BCUT2D eigenvalue weighted by atomic mass is 32.1. The number of carbonyl (C=O) groups is 3. The summed E-state index contributed by atoms with van der Waals surface area (Å²) in [6.07, 6.45) is 2.70. The lowest BCUT2D eigenvalue weighted by Crippen LogP contribution is -2.23. The smallest absolute Gasteiger partial charge is 0.341 e. The maximum atomic E-state index is 12.6. The molecular weight excluding hydrogens is 464 g/mol. The number of nitrogens with one attached hydrogen (secondary N) is 2. The molecule has 3 aromatic rings. The van der Waals surface area contributed by atoms with Crippen molar-refractivity contribution in [3.63, 3.8) is 0 Å². The van der Waals surface area contributed by atoms with Crippen LogP contribution < -0.4 is 15.4 Å². The maximum Gasteiger partial charge on any atom is 0.341 e. The summed E-state index contributed by atoms with van der Waals surface area (Å²) >= 11 is 1.43. The lowest BCUT2D eigenvalue weighted by atomic mass is 9.88. The van der Waals surface area contributed by atoms with E-state index >= 15 is 0 Å². The standard InChI is InChI=1S/C27H28N2O5S/c1-17-8-13-21-22(14-17)35-26(24(21)27(32)33-2)29-23(30)16-34-20-11-9-19(10-12-20)25(31)28-15-18-6-4-3-5-7-18/h3-7,9-12,17H,8,13-16H2,1-2H3,(H,28,31)(H,29,30). The first-order valence-corrected chi connectivity index (χ1v) is 12.3. The van der Waals surface area contributed by atoms with E-state index in [9.17, 15) is 14.4 Å². The molecule has 0 bridgehead atoms. The van der Waals surface area contributed by atoms with Crippen LogP contribution >= 0.6 is 11.3 Å². The van der Waals surface area contributed by atoms with Gasteiger partial charge in [-0.3, -0.25) is 9.59 Å². The van der Waals surface area contributed by atoms with Crippen molar-refractivity contribution in [2.45, 2.75) is 32.7 Å². The molecule has 182 valence electrons. The Kier molecular flexibility index (Phi) is 7.82. The first kappa shape index (κ1) is 24.5. The molecule has 4 rings (SSSR count). The predicted molar refractivity (Wildman–Crippen MR) is 135 cm³/mol. The van der Waals surface area contributed by atoms with Crippen LogP contribution in [0.25, 0.3) is 0 Å². The average molecular weight is 493 g/mol. The number of esters is 1. The van der Waals surface area contributed by atoms with Gasteiger partial charge in [-0.2, -0.15) is 0 Å². The number of rotatable bonds is 8. The zero-order valence-electron chi connectivity index (χ0n) is 19.8. The fourth-order valence-electron chi connectivity index (χ4n) is 4.05. The summed E-state index contributed by atoms with van der Waals surface area (Å²) in [5, 5.41) is 6.20. The Bertz CT molecular complexity index is 1200. The fourth-order valence-corrected chi connectivity index (χ4v) is 5.47. The summed E-state index contributed by atoms with van der Waals surface area (Å²) in [6, 6.07) is 16.3. The molecule has 2 amide bonds. The first-order chi connectivity index (χ1) is 16.9. The summed E-state index contributed by atoms with van der Waals surface area (Å²) in [6.45, 7) is 2.40. The molecule has 0 aliphatic heterocycles. The quantitative estimate of drug-likeness (QED) is 0.448. The number of hydrogen-bond acceptors (Lipinski definition) is 6. The summed E-state index contributed by atoms with van der Waals surface area (Å²) in [7, 11) is 1.35. The summed E-state index contributed by atoms with van der Waals surface area (Å²) in [5.74, 6) is 0.0134. The van der Waals surface area contributed by atoms with Gasteiger partial charge < -0.3 is 20.1 Å². The average Bonchev–Trinajstić information content (AvgIpc) is 3.23. The minimum Gasteiger partial charge on any atom is -0.484 e. The second-order valence-electron chi connectivity index (χ2n) is 8.58. The molecule has 1 aliphatic carbocycles. The van der Waals surface area contributed by atoms with E-state index in [2.05, 4.69) is 17.6 Å². The van der Waals surface area contributed by atoms with Crippen LogP contribution in [0.5, 0.6) is 5.75 Å². The van der Waals surface area contributed by atoms with Crippen LogP contribution in [0.15, 0.2) is 54.6 Å². The van der Waals surface area contributed by atoms with Gasteiger partial charge >= 0.3 is 5.97 Å². The molecule has 1 atom stereocenters. The summed E-state index contributed by atoms with van der Waals surface area (Å²) < 4.78 is 10.6. The Hall–Kier alpha value is -3.65. The molecule has 2 aromatic carbocycles. The minimum absolute atomic E-state index is 0.190. The van der Waals surface area contributed by atoms with E-state index in [4.69, 9.17) is 9.47 Å². The molecule has 1 aliphatic rings. The van der Waals surface area contributed by atoms with Gasteiger partial charge in [0.25, 0.3) is 11.8 Å². The summed E-state index contributed by atoms with van der Waals surface area (Å²) in [4.78, 5) is 38.5. The van der Waals surface area contributed by atoms with Gasteiger partial charge in [-0.25, -0.2) is 4.79 Å². The number of carbonyl (C=O) groups excluding carboxylic acids is 3. The van der Waals surface area contributed by atoms with Crippen molar-refractivity contribution >= 4 is 34.1 Å². The van der Waals surface area contributed by atoms with E-state index in [0.29, 0.717) is 34.3 Å². The molecule has 1 aromatic heterocycles. The van der Waals surface area contributed by atoms with E-state index < -0.39 is 5.97 Å². The minimum atomic E-state index is -0.436. The number of fused-ring (bicyclic) bond motifs is 1. The lowest BCUT2D eigenvalue weighted by molar-refractivity contribution is -0.118. The van der Waals surface area contributed by atoms with Gasteiger partial charge in [0.1, 0.15) is 10.8 Å². The molecule has 0 saturated carbocycles. The Balaban J connectivity index is 1.33. The molecule has 7 nitrogen and oxygen atoms in total. The van der Waals surface area contributed by atoms with Crippen molar-refractivity contribution < 1.29 is 23.9 Å². The van der Waals surface area contributed by atoms with Gasteiger partial charge in [-0.15, -0.1) is 11.3 Å². The highest BCUT2D eigenvalue weighted by Crippen LogP contribution is 2.40. The van der Waals surface area contributed by atoms with Crippen LogP contribution in [0.2, 0.25) is 0 Å². The second-order valence-corrected chi connectivity index (χ2v) is 9.68. The number of ether oxygens (including phenoxy) is 2. The van der Waals surface area contributed by atoms with E-state index in [1.165, 1.54) is 18.4 Å². The van der Waals surface area contributed by atoms with Crippen molar-refractivity contribution in [3.05, 3.63) is 81.7 Å². The van der Waals surface area contributed by atoms with Crippen LogP contribution in [0.1, 0.15) is 50.1 Å². The molecule has 0 spiro atoms. The molecule has 2 N–H and O–H groups in total. The molecular formula is C27H28N2O5S. The van der Waals surface area contributed by atoms with E-state index in [-0.39, 0.29) is 18.4 Å². The van der Waals surface area contributed by atoms with Crippen LogP contribution in [-0.2, 0) is 28.9 Å². The van der Waals surface area contributed by atoms with Gasteiger partial charge in [0.2, 0.25) is 0 Å². The first-order valence-electron chi connectivity index (χ1n) is 11.5. The summed E-state index contributed by atoms with van der Waals surface area (Å²) in [5.41, 5.74) is 2.96. The molecule has 8 heteroatoms. The highest BCUT2D eigenvalue weighted by molar-refractivity contribution is 7.17. The van der Waals surface area contributed by atoms with E-state index in [0.717, 1.165) is 35.3 Å². The van der Waals surface area contributed by atoms with Crippen LogP contribution in [0.4, 0.5) is 5.00 Å². The number of hydrogen-bond donors (Lipinski definition) is 2. The predicted octanol–water partition coefficient (Wildman–Crippen LogP) is 4.61. The monoisotopic (exact) mass is 492 g/mol. The second kappa shape index (κ2) is 11.2. The van der Waals surface area contributed by atoms with Gasteiger partial charge in [0.15, 0.2) is 6.61 Å². The van der Waals surface area contributed by atoms with Gasteiger partial charge in [-0.05, 0) is 60.6 Å². The van der Waals surface area contributed by atoms with Crippen molar-refractivity contribution in [1.82, 2.24) is 5.32 Å². The van der Waals surface area contributed by atoms with Gasteiger partial charge in [0.05, 0.1) is 12.7 Å². The third-order valence-corrected chi connectivity index (χ3v) is 7.11. The largest absolute Gasteiger partial charge is 0.484 e. The van der Waals surface area contributed by atoms with Gasteiger partial charge in [0, 0.05) is 17.0 Å². The van der Waals surface area contributed by atoms with Crippen molar-refractivity contribution in [1.29, 1.82) is 0 Å². The zero-order valence-corrected chi connectivity index (χ0v) is 20.6. The van der Waals surface area contributed by atoms with Crippen molar-refractivity contribution in [2.75, 3.05) is 19.0 Å². The molecule has 0 saturated heterocycles. The van der Waals surface area contributed by atoms with Crippen LogP contribution in [0, 0.1) is 5.92 Å². The van der Waals surface area contributed by atoms with Crippen LogP contribution in [-0.4, -0.2) is 31.5 Å². The Morgan fingerprint density at radius 2 is 1.80 bits per heavy atom. The van der Waals surface area contributed by atoms with Gasteiger partial charge in [-0.1, -0.05) is 37.3 Å². The molecule has 0 fully saturated rings. The van der Waals surface area contributed by atoms with Crippen LogP contribution in [0.3, 0.4) is 0 Å². The van der Waals surface area contributed by atoms with E-state index in [1.54, 1.807) is 24.3 Å². The maximum absolute atomic E-state index is 12.6. The number of anilines is 1. The third kappa shape index (κ3) is 6.08. The Labute approximate surface area is 208 Å². The molecule has 1 unspecified atom stereocenters. The van der Waals surface area contributed by atoms with E-state index in [1.807, 2.05) is 30.3 Å². The zero-order chi connectivity index (χ0) is 24.8. The third-order valence-electron chi connectivity index (χ3n) is 5.94. The highest BCUT2D eigenvalue weighted by Gasteiger charge is 2.28. The number of benzene rings is 2. The Morgan fingerprint density at radius 1 is 1.06 bits per heavy atom. The number of thiophene rings is 1. The molecule has 1 heterocycles. The molecule has 0 radical (unpaired) electrons. The Morgan fingerprint density at radius 3 is 2.51 bits per heavy atom. The SMILES string of the molecule is COC(=O)c1c(NC(=O)COc2ccc(C(=O)NCc3ccccc3)cc2)sc2c1CCC(C)C2. The number of methoxy groups -OCH3 is 1. The number of amides is 2. The normalized spacial score (nSPS) is 14.5. The lowest BCUT2D eigenvalue weighted by Gasteiger charge is -2.18. The van der Waals surface area contributed by atoms with Crippen molar-refractivity contribution in [2.24, 2.45) is 5.92 Å².